The van der Waals surface area contributed by atoms with Gasteiger partial charge in [0.25, 0.3) is 0 Å². The molecule has 0 aliphatic rings. The summed E-state index contributed by atoms with van der Waals surface area (Å²) < 4.78 is 1.24. The highest BCUT2D eigenvalue weighted by molar-refractivity contribution is 7.80. The van der Waals surface area contributed by atoms with Crippen LogP contribution in [0.5, 0.6) is 0 Å². The Kier molecular flexibility index (Phi) is 4.78. The second-order valence-electron chi connectivity index (χ2n) is 3.77. The molecule has 2 atom stereocenters. The molecule has 1 heterocycles. The molecule has 0 aromatic carbocycles. The van der Waals surface area contributed by atoms with E-state index in [1.807, 2.05) is 0 Å². The second-order valence-corrected chi connectivity index (χ2v) is 4.25. The molecule has 0 aliphatic heterocycles. The highest BCUT2D eigenvalue weighted by Gasteiger charge is 2.18. The fourth-order valence-corrected chi connectivity index (χ4v) is 1.17. The molecule has 7 nitrogen and oxygen atoms in total. The Bertz CT molecular complexity index is 445. The number of aromatic nitrogens is 2. The maximum absolute atomic E-state index is 11.7. The van der Waals surface area contributed by atoms with Gasteiger partial charge in [0.05, 0.1) is 11.0 Å². The molecular formula is C10H15N5O2S. The van der Waals surface area contributed by atoms with Gasteiger partial charge in [0.15, 0.2) is 0 Å². The van der Waals surface area contributed by atoms with Crippen molar-refractivity contribution in [1.82, 2.24) is 20.2 Å². The number of hydrogen-bond acceptors (Lipinski definition) is 4. The predicted molar refractivity (Wildman–Crippen MR) is 70.0 cm³/mol. The van der Waals surface area contributed by atoms with E-state index in [2.05, 4.69) is 15.6 Å². The Morgan fingerprint density at radius 1 is 1.33 bits per heavy atom. The zero-order valence-electron chi connectivity index (χ0n) is 10.1. The molecule has 0 bridgehead atoms. The van der Waals surface area contributed by atoms with E-state index in [1.165, 1.54) is 23.3 Å². The lowest BCUT2D eigenvalue weighted by Gasteiger charge is -2.17. The van der Waals surface area contributed by atoms with Crippen molar-refractivity contribution in [2.75, 3.05) is 0 Å². The highest BCUT2D eigenvalue weighted by atomic mass is 32.1. The zero-order valence-corrected chi connectivity index (χ0v) is 10.9. The van der Waals surface area contributed by atoms with E-state index in [4.69, 9.17) is 18.0 Å². The Labute approximate surface area is 110 Å². The average Bonchev–Trinajstić information content (AvgIpc) is 2.81. The molecule has 1 aromatic rings. The molecule has 1 aromatic heterocycles. The van der Waals surface area contributed by atoms with E-state index < -0.39 is 18.1 Å². The summed E-state index contributed by atoms with van der Waals surface area (Å²) in [4.78, 5) is 27.2. The van der Waals surface area contributed by atoms with Gasteiger partial charge in [-0.05, 0) is 13.8 Å². The highest BCUT2D eigenvalue weighted by Crippen LogP contribution is 1.90. The first-order chi connectivity index (χ1) is 8.41. The van der Waals surface area contributed by atoms with Gasteiger partial charge in [-0.2, -0.15) is 0 Å². The Morgan fingerprint density at radius 2 is 2.00 bits per heavy atom. The lowest BCUT2D eigenvalue weighted by atomic mass is 10.2. The van der Waals surface area contributed by atoms with E-state index in [0.717, 1.165) is 0 Å². The lowest BCUT2D eigenvalue weighted by molar-refractivity contribution is -0.122. The minimum atomic E-state index is -0.698. The maximum atomic E-state index is 11.7. The minimum absolute atomic E-state index is 0.191. The molecule has 18 heavy (non-hydrogen) atoms. The van der Waals surface area contributed by atoms with Crippen LogP contribution in [0.4, 0.5) is 4.79 Å². The van der Waals surface area contributed by atoms with Gasteiger partial charge in [-0.3, -0.25) is 9.36 Å². The van der Waals surface area contributed by atoms with Crippen LogP contribution in [-0.4, -0.2) is 38.6 Å². The molecule has 0 radical (unpaired) electrons. The molecule has 2 amide bonds. The van der Waals surface area contributed by atoms with Crippen LogP contribution in [0, 0.1) is 0 Å². The van der Waals surface area contributed by atoms with Crippen molar-refractivity contribution < 1.29 is 9.59 Å². The fraction of sp³-hybridized carbons (Fsp3) is 0.400. The number of hydrogen-bond donors (Lipinski definition) is 3. The topological polar surface area (TPSA) is 102 Å². The molecule has 1 rings (SSSR count). The molecule has 0 fully saturated rings. The van der Waals surface area contributed by atoms with E-state index in [9.17, 15) is 9.59 Å². The zero-order chi connectivity index (χ0) is 13.7. The van der Waals surface area contributed by atoms with Crippen molar-refractivity contribution in [3.63, 3.8) is 0 Å². The van der Waals surface area contributed by atoms with E-state index in [1.54, 1.807) is 13.8 Å². The van der Waals surface area contributed by atoms with Crippen molar-refractivity contribution in [2.24, 2.45) is 5.73 Å². The molecule has 0 saturated heterocycles. The lowest BCUT2D eigenvalue weighted by Crippen LogP contribution is -2.50. The van der Waals surface area contributed by atoms with Gasteiger partial charge in [-0.1, -0.05) is 12.2 Å². The molecule has 4 N–H and O–H groups in total. The summed E-state index contributed by atoms with van der Waals surface area (Å²) in [5.41, 5.74) is 5.38. The van der Waals surface area contributed by atoms with Crippen LogP contribution < -0.4 is 16.4 Å². The number of nitrogens with two attached hydrogens (primary N) is 1. The summed E-state index contributed by atoms with van der Waals surface area (Å²) in [6.07, 6.45) is 4.30. The number of amides is 2. The van der Waals surface area contributed by atoms with Crippen molar-refractivity contribution in [2.45, 2.75) is 25.9 Å². The van der Waals surface area contributed by atoms with Gasteiger partial charge in [-0.25, -0.2) is 9.78 Å². The molecule has 0 unspecified atom stereocenters. The molecule has 0 spiro atoms. The number of rotatable bonds is 4. The average molecular weight is 269 g/mol. The summed E-state index contributed by atoms with van der Waals surface area (Å²) >= 11 is 4.74. The molecular weight excluding hydrogens is 254 g/mol. The predicted octanol–water partition coefficient (Wildman–Crippen LogP) is -0.380. The van der Waals surface area contributed by atoms with Crippen LogP contribution in [0.25, 0.3) is 0 Å². The van der Waals surface area contributed by atoms with E-state index >= 15 is 0 Å². The third-order valence-electron chi connectivity index (χ3n) is 2.26. The summed E-state index contributed by atoms with van der Waals surface area (Å²) in [6, 6.07) is -1.55. The van der Waals surface area contributed by atoms with Crippen LogP contribution in [0.2, 0.25) is 0 Å². The quantitative estimate of drug-likeness (QED) is 0.647. The van der Waals surface area contributed by atoms with Crippen molar-refractivity contribution in [3.05, 3.63) is 18.7 Å². The Balaban J connectivity index is 2.50. The van der Waals surface area contributed by atoms with Crippen molar-refractivity contribution in [1.29, 1.82) is 0 Å². The van der Waals surface area contributed by atoms with Crippen LogP contribution in [-0.2, 0) is 4.79 Å². The second kappa shape index (κ2) is 6.10. The molecule has 98 valence electrons. The van der Waals surface area contributed by atoms with Crippen LogP contribution >= 0.6 is 12.2 Å². The Hall–Kier alpha value is -1.96. The van der Waals surface area contributed by atoms with Crippen LogP contribution in [0.15, 0.2) is 18.7 Å². The van der Waals surface area contributed by atoms with E-state index in [0.29, 0.717) is 0 Å². The number of carbonyl (C=O) groups is 2. The van der Waals surface area contributed by atoms with E-state index in [-0.39, 0.29) is 10.9 Å². The summed E-state index contributed by atoms with van der Waals surface area (Å²) in [6.45, 7) is 3.24. The van der Waals surface area contributed by atoms with Crippen LogP contribution in [0.3, 0.4) is 0 Å². The number of carbonyl (C=O) groups excluding carboxylic acids is 2. The largest absolute Gasteiger partial charge is 0.392 e. The summed E-state index contributed by atoms with van der Waals surface area (Å²) in [5, 5.41) is 5.10. The normalized spacial score (nSPS) is 13.4. The standard InChI is InChI=1S/C10H15N5O2S/c1-6(8(11)18)13-9(16)7(2)14-10(17)15-4-3-12-5-15/h3-7H,1-2H3,(H2,11,18)(H,13,16)(H,14,17)/t6-,7+/m1/s1. The fourth-order valence-electron chi connectivity index (χ4n) is 1.11. The summed E-state index contributed by atoms with van der Waals surface area (Å²) in [5.74, 6) is -0.358. The van der Waals surface area contributed by atoms with Gasteiger partial charge in [0, 0.05) is 12.4 Å². The third kappa shape index (κ3) is 3.81. The third-order valence-corrected chi connectivity index (χ3v) is 2.61. The number of nitrogens with zero attached hydrogens (tertiary/aromatic N) is 2. The number of nitrogens with one attached hydrogen (secondary N) is 2. The molecule has 8 heteroatoms. The van der Waals surface area contributed by atoms with Crippen molar-refractivity contribution in [3.8, 4) is 0 Å². The van der Waals surface area contributed by atoms with Gasteiger partial charge in [-0.15, -0.1) is 0 Å². The van der Waals surface area contributed by atoms with Gasteiger partial charge in [0.1, 0.15) is 12.4 Å². The van der Waals surface area contributed by atoms with Crippen molar-refractivity contribution >= 4 is 29.1 Å². The number of imidazole rings is 1. The van der Waals surface area contributed by atoms with Gasteiger partial charge in [0.2, 0.25) is 5.91 Å². The molecule has 0 aliphatic carbocycles. The minimum Gasteiger partial charge on any atom is -0.392 e. The smallest absolute Gasteiger partial charge is 0.327 e. The first-order valence-electron chi connectivity index (χ1n) is 5.30. The van der Waals surface area contributed by atoms with Crippen LogP contribution in [0.1, 0.15) is 13.8 Å². The monoisotopic (exact) mass is 269 g/mol. The van der Waals surface area contributed by atoms with Gasteiger partial charge >= 0.3 is 6.03 Å². The molecule has 0 saturated carbocycles. The first kappa shape index (κ1) is 14.1. The SMILES string of the molecule is C[C@H](NC(=O)n1ccnc1)C(=O)N[C@H](C)C(N)=S. The first-order valence-corrected chi connectivity index (χ1v) is 5.71. The maximum Gasteiger partial charge on any atom is 0.327 e. The Morgan fingerprint density at radius 3 is 2.50 bits per heavy atom. The van der Waals surface area contributed by atoms with Gasteiger partial charge < -0.3 is 16.4 Å². The number of thiocarbonyl (C=S) groups is 1. The summed E-state index contributed by atoms with van der Waals surface area (Å²) in [7, 11) is 0.